The molecule has 0 aliphatic rings. The number of rotatable bonds is 5. The minimum atomic E-state index is -0.289. The molecule has 2 N–H and O–H groups in total. The van der Waals surface area contributed by atoms with Crippen molar-refractivity contribution in [3.05, 3.63) is 63.3 Å². The molecule has 0 heterocycles. The van der Waals surface area contributed by atoms with Gasteiger partial charge in [-0.15, -0.1) is 0 Å². The predicted molar refractivity (Wildman–Crippen MR) is 87.3 cm³/mol. The number of ether oxygens (including phenoxy) is 1. The third-order valence-corrected chi connectivity index (χ3v) is 4.33. The van der Waals surface area contributed by atoms with Gasteiger partial charge in [0.25, 0.3) is 0 Å². The molecular weight excluding hydrogens is 357 g/mol. The van der Waals surface area contributed by atoms with E-state index in [1.165, 1.54) is 6.07 Å². The lowest BCUT2D eigenvalue weighted by Gasteiger charge is -2.22. The minimum Gasteiger partial charge on any atom is -0.489 e. The van der Waals surface area contributed by atoms with Crippen molar-refractivity contribution in [2.45, 2.75) is 25.5 Å². The van der Waals surface area contributed by atoms with Crippen LogP contribution < -0.4 is 10.5 Å². The van der Waals surface area contributed by atoms with Crippen molar-refractivity contribution in [2.24, 2.45) is 5.73 Å². The molecule has 0 aliphatic heterocycles. The van der Waals surface area contributed by atoms with E-state index in [1.54, 1.807) is 18.2 Å². The van der Waals surface area contributed by atoms with Gasteiger partial charge >= 0.3 is 0 Å². The molecule has 2 rings (SSSR count). The van der Waals surface area contributed by atoms with Gasteiger partial charge in [0.05, 0.1) is 4.47 Å². The van der Waals surface area contributed by atoms with Gasteiger partial charge in [-0.2, -0.15) is 0 Å². The Morgan fingerprint density at radius 2 is 2.00 bits per heavy atom. The molecule has 0 spiro atoms. The van der Waals surface area contributed by atoms with Crippen molar-refractivity contribution in [1.29, 1.82) is 0 Å². The van der Waals surface area contributed by atoms with Gasteiger partial charge < -0.3 is 10.5 Å². The molecule has 0 saturated heterocycles. The van der Waals surface area contributed by atoms with E-state index in [4.69, 9.17) is 22.1 Å². The summed E-state index contributed by atoms with van der Waals surface area (Å²) in [6, 6.07) is 11.8. The molecule has 2 aromatic carbocycles. The van der Waals surface area contributed by atoms with Gasteiger partial charge in [-0.3, -0.25) is 0 Å². The molecule has 2 unspecified atom stereocenters. The van der Waals surface area contributed by atoms with Crippen LogP contribution in [0.15, 0.2) is 46.9 Å². The molecule has 0 aliphatic carbocycles. The second kappa shape index (κ2) is 7.25. The topological polar surface area (TPSA) is 35.2 Å². The Balaban J connectivity index is 2.02. The molecule has 2 aromatic rings. The average molecular weight is 373 g/mol. The highest BCUT2D eigenvalue weighted by Crippen LogP contribution is 2.23. The fourth-order valence-corrected chi connectivity index (χ4v) is 2.57. The number of hydrogen-bond acceptors (Lipinski definition) is 2. The maximum Gasteiger partial charge on any atom is 0.137 e. The first-order chi connectivity index (χ1) is 9.97. The summed E-state index contributed by atoms with van der Waals surface area (Å²) in [6.07, 6.45) is 0.290. The Bertz CT molecular complexity index is 623. The van der Waals surface area contributed by atoms with Crippen LogP contribution in [0.3, 0.4) is 0 Å². The smallest absolute Gasteiger partial charge is 0.137 e. The van der Waals surface area contributed by atoms with Gasteiger partial charge in [0.1, 0.15) is 17.7 Å². The van der Waals surface area contributed by atoms with Crippen molar-refractivity contribution in [3.8, 4) is 5.75 Å². The van der Waals surface area contributed by atoms with Gasteiger partial charge in [0.2, 0.25) is 0 Å². The SMILES string of the molecule is CC(Oc1cccc(Cl)c1)C(N)Cc1cccc(F)c1Br. The number of nitrogens with two attached hydrogens (primary N) is 1. The van der Waals surface area contributed by atoms with Crippen LogP contribution in [0, 0.1) is 5.82 Å². The summed E-state index contributed by atoms with van der Waals surface area (Å²) < 4.78 is 19.7. The standard InChI is InChI=1S/C16H16BrClFNO/c1-10(21-13-6-3-5-12(18)9-13)15(20)8-11-4-2-7-14(19)16(11)17/h2-7,9-10,15H,8,20H2,1H3. The van der Waals surface area contributed by atoms with Gasteiger partial charge in [-0.1, -0.05) is 29.8 Å². The highest BCUT2D eigenvalue weighted by atomic mass is 79.9. The summed E-state index contributed by atoms with van der Waals surface area (Å²) in [5.41, 5.74) is 6.98. The zero-order valence-electron chi connectivity index (χ0n) is 11.5. The van der Waals surface area contributed by atoms with Crippen molar-refractivity contribution < 1.29 is 9.13 Å². The summed E-state index contributed by atoms with van der Waals surface area (Å²) in [6.45, 7) is 1.89. The van der Waals surface area contributed by atoms with E-state index in [0.29, 0.717) is 21.7 Å². The lowest BCUT2D eigenvalue weighted by Crippen LogP contribution is -2.38. The summed E-state index contributed by atoms with van der Waals surface area (Å²) >= 11 is 9.16. The monoisotopic (exact) mass is 371 g/mol. The molecule has 0 bridgehead atoms. The summed E-state index contributed by atoms with van der Waals surface area (Å²) in [7, 11) is 0. The lowest BCUT2D eigenvalue weighted by atomic mass is 10.0. The molecule has 0 fully saturated rings. The van der Waals surface area contributed by atoms with Crippen LogP contribution in [0.1, 0.15) is 12.5 Å². The third kappa shape index (κ3) is 4.43. The molecule has 5 heteroatoms. The molecule has 2 nitrogen and oxygen atoms in total. The second-order valence-corrected chi connectivity index (χ2v) is 6.09. The van der Waals surface area contributed by atoms with E-state index in [2.05, 4.69) is 15.9 Å². The molecule has 112 valence electrons. The highest BCUT2D eigenvalue weighted by Gasteiger charge is 2.17. The first kappa shape index (κ1) is 16.3. The van der Waals surface area contributed by atoms with Crippen LogP contribution in [0.2, 0.25) is 5.02 Å². The lowest BCUT2D eigenvalue weighted by molar-refractivity contribution is 0.189. The van der Waals surface area contributed by atoms with Gasteiger partial charge in [-0.25, -0.2) is 4.39 Å². The molecule has 2 atom stereocenters. The van der Waals surface area contributed by atoms with Crippen LogP contribution in [0.25, 0.3) is 0 Å². The zero-order valence-corrected chi connectivity index (χ0v) is 13.9. The van der Waals surface area contributed by atoms with Crippen molar-refractivity contribution in [2.75, 3.05) is 0 Å². The third-order valence-electron chi connectivity index (χ3n) is 3.21. The van der Waals surface area contributed by atoms with Crippen LogP contribution >= 0.6 is 27.5 Å². The summed E-state index contributed by atoms with van der Waals surface area (Å²) in [4.78, 5) is 0. The number of hydrogen-bond donors (Lipinski definition) is 1. The first-order valence-electron chi connectivity index (χ1n) is 6.58. The van der Waals surface area contributed by atoms with E-state index in [0.717, 1.165) is 5.56 Å². The number of benzene rings is 2. The Kier molecular flexibility index (Phi) is 5.62. The average Bonchev–Trinajstić information content (AvgIpc) is 2.44. The second-order valence-electron chi connectivity index (χ2n) is 4.86. The molecule has 0 radical (unpaired) electrons. The maximum atomic E-state index is 13.5. The molecule has 0 saturated carbocycles. The van der Waals surface area contributed by atoms with E-state index in [-0.39, 0.29) is 18.0 Å². The normalized spacial score (nSPS) is 13.8. The molecule has 0 amide bonds. The largest absolute Gasteiger partial charge is 0.489 e. The Hall–Kier alpha value is -1.10. The van der Waals surface area contributed by atoms with E-state index < -0.39 is 0 Å². The molecular formula is C16H16BrClFNO. The molecule has 0 aromatic heterocycles. The van der Waals surface area contributed by atoms with Crippen LogP contribution in [0.4, 0.5) is 4.39 Å². The quantitative estimate of drug-likeness (QED) is 0.834. The maximum absolute atomic E-state index is 13.5. The minimum absolute atomic E-state index is 0.223. The fraction of sp³-hybridized carbons (Fsp3) is 0.250. The van der Waals surface area contributed by atoms with E-state index >= 15 is 0 Å². The van der Waals surface area contributed by atoms with Crippen LogP contribution in [-0.2, 0) is 6.42 Å². The Morgan fingerprint density at radius 1 is 1.29 bits per heavy atom. The van der Waals surface area contributed by atoms with Crippen molar-refractivity contribution >= 4 is 27.5 Å². The highest BCUT2D eigenvalue weighted by molar-refractivity contribution is 9.10. The van der Waals surface area contributed by atoms with Gasteiger partial charge in [0.15, 0.2) is 0 Å². The summed E-state index contributed by atoms with van der Waals surface area (Å²) in [5.74, 6) is 0.381. The van der Waals surface area contributed by atoms with Gasteiger partial charge in [-0.05, 0) is 59.1 Å². The van der Waals surface area contributed by atoms with Crippen molar-refractivity contribution in [3.63, 3.8) is 0 Å². The van der Waals surface area contributed by atoms with Crippen molar-refractivity contribution in [1.82, 2.24) is 0 Å². The number of halogens is 3. The van der Waals surface area contributed by atoms with Crippen LogP contribution in [0.5, 0.6) is 5.75 Å². The fourth-order valence-electron chi connectivity index (χ4n) is 1.97. The van der Waals surface area contributed by atoms with Crippen LogP contribution in [-0.4, -0.2) is 12.1 Å². The zero-order chi connectivity index (χ0) is 15.4. The van der Waals surface area contributed by atoms with Gasteiger partial charge in [0, 0.05) is 11.1 Å². The Labute approximate surface area is 137 Å². The van der Waals surface area contributed by atoms with E-state index in [1.807, 2.05) is 25.1 Å². The Morgan fingerprint density at radius 3 is 2.71 bits per heavy atom. The molecule has 21 heavy (non-hydrogen) atoms. The summed E-state index contributed by atoms with van der Waals surface area (Å²) in [5, 5.41) is 0.612. The van der Waals surface area contributed by atoms with E-state index in [9.17, 15) is 4.39 Å². The first-order valence-corrected chi connectivity index (χ1v) is 7.75. The predicted octanol–water partition coefficient (Wildman–Crippen LogP) is 4.58.